The van der Waals surface area contributed by atoms with E-state index in [2.05, 4.69) is 9.97 Å². The monoisotopic (exact) mass is 627 g/mol. The van der Waals surface area contributed by atoms with Crippen LogP contribution in [-0.2, 0) is 19.4 Å². The summed E-state index contributed by atoms with van der Waals surface area (Å²) in [7, 11) is 1.66. The summed E-state index contributed by atoms with van der Waals surface area (Å²) in [6, 6.07) is 19.8. The Balaban J connectivity index is 1.27. The van der Waals surface area contributed by atoms with E-state index in [1.165, 1.54) is 0 Å². The summed E-state index contributed by atoms with van der Waals surface area (Å²) < 4.78 is 5.42. The zero-order valence-corrected chi connectivity index (χ0v) is 27.5. The number of carbonyl (C=O) groups is 2. The van der Waals surface area contributed by atoms with E-state index in [-0.39, 0.29) is 18.2 Å². The molecule has 6 aromatic rings. The number of aryl methyl sites for hydroxylation is 5. The van der Waals surface area contributed by atoms with E-state index in [1.54, 1.807) is 7.11 Å². The Morgan fingerprint density at radius 3 is 1.91 bits per heavy atom. The number of pyridine rings is 1. The molecule has 7 heteroatoms. The van der Waals surface area contributed by atoms with E-state index in [1.807, 2.05) is 93.8 Å². The number of aromatic nitrogens is 3. The van der Waals surface area contributed by atoms with Crippen molar-refractivity contribution in [3.8, 4) is 16.9 Å². The number of nitrogens with one attached hydrogen (secondary N) is 2. The van der Waals surface area contributed by atoms with Gasteiger partial charge in [0.25, 0.3) is 0 Å². The van der Waals surface area contributed by atoms with Gasteiger partial charge < -0.3 is 19.8 Å². The highest BCUT2D eigenvalue weighted by Crippen LogP contribution is 2.36. The van der Waals surface area contributed by atoms with E-state index < -0.39 is 0 Å². The lowest BCUT2D eigenvalue weighted by Gasteiger charge is -2.20. The van der Waals surface area contributed by atoms with Crippen LogP contribution < -0.4 is 4.74 Å². The molecule has 0 radical (unpaired) electrons. The van der Waals surface area contributed by atoms with Gasteiger partial charge in [0.05, 0.1) is 13.7 Å². The lowest BCUT2D eigenvalue weighted by Crippen LogP contribution is -2.15. The van der Waals surface area contributed by atoms with Gasteiger partial charge in [-0.1, -0.05) is 30.3 Å². The Labute approximate surface area is 275 Å². The third-order valence-electron chi connectivity index (χ3n) is 9.22. The molecular formula is C40H41N3O4. The van der Waals surface area contributed by atoms with Crippen LogP contribution in [0.4, 0.5) is 0 Å². The molecule has 0 bridgehead atoms. The second kappa shape index (κ2) is 13.8. The van der Waals surface area contributed by atoms with Gasteiger partial charge in [-0.2, -0.15) is 0 Å². The van der Waals surface area contributed by atoms with Gasteiger partial charge in [0.2, 0.25) is 0 Å². The second-order valence-corrected chi connectivity index (χ2v) is 12.4. The average molecular weight is 628 g/mol. The van der Waals surface area contributed by atoms with Crippen molar-refractivity contribution in [3.63, 3.8) is 0 Å². The minimum atomic E-state index is -0.0142. The number of carbonyl (C=O) groups excluding carboxylic acids is 2. The lowest BCUT2D eigenvalue weighted by atomic mass is 9.85. The first-order valence-electron chi connectivity index (χ1n) is 16.3. The second-order valence-electron chi connectivity index (χ2n) is 12.4. The molecule has 0 aliphatic heterocycles. The van der Waals surface area contributed by atoms with Crippen LogP contribution in [0.1, 0.15) is 80.0 Å². The Hall–Kier alpha value is -5.01. The van der Waals surface area contributed by atoms with Crippen molar-refractivity contribution in [1.82, 2.24) is 15.0 Å². The molecule has 6 rings (SSSR count). The SMILES string of the molecule is COc1ccc2[nH]cc(CCCC(=O)c3c(C)nc(C)c(C(=O)CCCc4c[nH]c5ccc(CO)cc45)c3-c3ccccc3C)c2c1. The molecule has 3 heterocycles. The van der Waals surface area contributed by atoms with E-state index in [0.717, 1.165) is 61.8 Å². The zero-order valence-electron chi connectivity index (χ0n) is 27.5. The van der Waals surface area contributed by atoms with Gasteiger partial charge in [-0.25, -0.2) is 0 Å². The molecule has 3 aromatic carbocycles. The predicted molar refractivity (Wildman–Crippen MR) is 187 cm³/mol. The number of Topliss-reactive ketones (excluding diaryl/α,β-unsaturated/α-hetero) is 2. The van der Waals surface area contributed by atoms with Gasteiger partial charge >= 0.3 is 0 Å². The number of benzene rings is 3. The van der Waals surface area contributed by atoms with Crippen molar-refractivity contribution < 1.29 is 19.4 Å². The Morgan fingerprint density at radius 2 is 1.34 bits per heavy atom. The summed E-state index contributed by atoms with van der Waals surface area (Å²) in [6.45, 7) is 5.75. The van der Waals surface area contributed by atoms with E-state index in [4.69, 9.17) is 9.72 Å². The largest absolute Gasteiger partial charge is 0.497 e. The van der Waals surface area contributed by atoms with E-state index in [9.17, 15) is 14.7 Å². The maximum Gasteiger partial charge on any atom is 0.165 e. The van der Waals surface area contributed by atoms with Gasteiger partial charge in [-0.15, -0.1) is 0 Å². The molecule has 0 saturated heterocycles. The molecule has 0 aliphatic rings. The number of hydrogen-bond acceptors (Lipinski definition) is 5. The first-order valence-corrected chi connectivity index (χ1v) is 16.3. The highest BCUT2D eigenvalue weighted by atomic mass is 16.5. The lowest BCUT2D eigenvalue weighted by molar-refractivity contribution is 0.0979. The molecule has 0 unspecified atom stereocenters. The molecule has 47 heavy (non-hydrogen) atoms. The van der Waals surface area contributed by atoms with Gasteiger partial charge in [0.15, 0.2) is 11.6 Å². The standard InChI is InChI=1S/C40H41N3O4/c1-24-9-5-6-12-31(24)40-38(36(45)13-7-10-28-21-41-34-17-15-27(23-44)19-32(28)34)25(2)43-26(3)39(40)37(46)14-8-11-29-22-42-35-18-16-30(47-4)20-33(29)35/h5-6,9,12,15-22,41-42,44H,7-8,10-11,13-14,23H2,1-4H3. The predicted octanol–water partition coefficient (Wildman–Crippen LogP) is 8.55. The van der Waals surface area contributed by atoms with Crippen molar-refractivity contribution in [3.05, 3.63) is 118 Å². The van der Waals surface area contributed by atoms with Crippen molar-refractivity contribution in [1.29, 1.82) is 0 Å². The fraction of sp³-hybridized carbons (Fsp3) is 0.275. The molecule has 240 valence electrons. The average Bonchev–Trinajstić information content (AvgIpc) is 3.67. The molecule has 0 atom stereocenters. The Morgan fingerprint density at radius 1 is 0.766 bits per heavy atom. The number of methoxy groups -OCH3 is 1. The smallest absolute Gasteiger partial charge is 0.165 e. The number of aliphatic hydroxyl groups excluding tert-OH is 1. The number of aliphatic hydroxyl groups is 1. The molecule has 7 nitrogen and oxygen atoms in total. The van der Waals surface area contributed by atoms with Crippen molar-refractivity contribution in [2.75, 3.05) is 7.11 Å². The van der Waals surface area contributed by atoms with Crippen LogP contribution in [0.15, 0.2) is 73.1 Å². The van der Waals surface area contributed by atoms with Crippen molar-refractivity contribution in [2.45, 2.75) is 65.9 Å². The summed E-state index contributed by atoms with van der Waals surface area (Å²) in [6.07, 6.45) is 7.41. The van der Waals surface area contributed by atoms with Crippen LogP contribution in [0.25, 0.3) is 32.9 Å². The quantitative estimate of drug-likeness (QED) is 0.111. The van der Waals surface area contributed by atoms with Crippen molar-refractivity contribution >= 4 is 33.4 Å². The van der Waals surface area contributed by atoms with Gasteiger partial charge in [-0.05, 0) is 105 Å². The maximum absolute atomic E-state index is 14.1. The summed E-state index contributed by atoms with van der Waals surface area (Å²) >= 11 is 0. The van der Waals surface area contributed by atoms with Crippen LogP contribution in [-0.4, -0.2) is 38.7 Å². The Bertz CT molecular complexity index is 1980. The van der Waals surface area contributed by atoms with Gasteiger partial charge in [0, 0.05) is 75.1 Å². The van der Waals surface area contributed by atoms with Crippen molar-refractivity contribution in [2.24, 2.45) is 0 Å². The minimum Gasteiger partial charge on any atom is -0.497 e. The van der Waals surface area contributed by atoms with Crippen LogP contribution in [0.5, 0.6) is 5.75 Å². The maximum atomic E-state index is 14.1. The molecule has 0 aliphatic carbocycles. The zero-order chi connectivity index (χ0) is 33.1. The molecule has 0 fully saturated rings. The highest BCUT2D eigenvalue weighted by molar-refractivity contribution is 6.11. The number of ketones is 2. The fourth-order valence-electron chi connectivity index (χ4n) is 6.81. The van der Waals surface area contributed by atoms with Crippen LogP contribution in [0.3, 0.4) is 0 Å². The van der Waals surface area contributed by atoms with E-state index in [0.29, 0.717) is 60.2 Å². The number of aromatic amines is 2. The number of rotatable bonds is 13. The molecule has 3 N–H and O–H groups in total. The number of H-pyrrole nitrogens is 2. The fourth-order valence-corrected chi connectivity index (χ4v) is 6.81. The molecule has 0 amide bonds. The summed E-state index contributed by atoms with van der Waals surface area (Å²) in [5.41, 5.74) is 10.2. The van der Waals surface area contributed by atoms with E-state index >= 15 is 0 Å². The number of ether oxygens (including phenoxy) is 1. The normalized spacial score (nSPS) is 11.4. The number of fused-ring (bicyclic) bond motifs is 2. The molecular weight excluding hydrogens is 586 g/mol. The van der Waals surface area contributed by atoms with Gasteiger partial charge in [-0.3, -0.25) is 14.6 Å². The van der Waals surface area contributed by atoms with Crippen LogP contribution >= 0.6 is 0 Å². The van der Waals surface area contributed by atoms with Crippen LogP contribution in [0, 0.1) is 20.8 Å². The number of hydrogen-bond donors (Lipinski definition) is 3. The molecule has 3 aromatic heterocycles. The topological polar surface area (TPSA) is 108 Å². The first kappa shape index (κ1) is 32.0. The molecule has 0 spiro atoms. The highest BCUT2D eigenvalue weighted by Gasteiger charge is 2.26. The third-order valence-corrected chi connectivity index (χ3v) is 9.22. The van der Waals surface area contributed by atoms with Crippen LogP contribution in [0.2, 0.25) is 0 Å². The molecule has 0 saturated carbocycles. The summed E-state index contributed by atoms with van der Waals surface area (Å²) in [5.74, 6) is 0.789. The van der Waals surface area contributed by atoms with Gasteiger partial charge in [0.1, 0.15) is 5.75 Å². The number of nitrogens with zero attached hydrogens (tertiary/aromatic N) is 1. The minimum absolute atomic E-state index is 0.00166. The first-order chi connectivity index (χ1) is 22.8. The summed E-state index contributed by atoms with van der Waals surface area (Å²) in [4.78, 5) is 39.6. The Kier molecular flexibility index (Phi) is 9.36. The summed E-state index contributed by atoms with van der Waals surface area (Å²) in [5, 5.41) is 11.8. The third kappa shape index (κ3) is 6.49.